The standard InChI is InChI=1S/C19H29N3OS.ClH/c1-15(2)18(24-17-6-4-3-5-7-17)19(23)22-11-8-16(14-22)21-12-9-20-10-13-21;/h3-7,15-16,18,20H,8-14H2,1-2H3;1H. The summed E-state index contributed by atoms with van der Waals surface area (Å²) in [6.45, 7) is 10.5. The quantitative estimate of drug-likeness (QED) is 0.793. The molecule has 2 saturated heterocycles. The van der Waals surface area contributed by atoms with Crippen LogP contribution >= 0.6 is 24.2 Å². The van der Waals surface area contributed by atoms with Gasteiger partial charge in [-0.25, -0.2) is 0 Å². The Kier molecular flexibility index (Phi) is 8.07. The fourth-order valence-electron chi connectivity index (χ4n) is 3.58. The molecule has 2 aliphatic rings. The number of carbonyl (C=O) groups excluding carboxylic acids is 1. The molecule has 6 heteroatoms. The molecule has 25 heavy (non-hydrogen) atoms. The predicted octanol–water partition coefficient (Wildman–Crippen LogP) is 2.73. The number of amides is 1. The van der Waals surface area contributed by atoms with Crippen molar-refractivity contribution in [3.63, 3.8) is 0 Å². The van der Waals surface area contributed by atoms with Crippen LogP contribution in [0.25, 0.3) is 0 Å². The van der Waals surface area contributed by atoms with Crippen molar-refractivity contribution in [2.45, 2.75) is 36.5 Å². The van der Waals surface area contributed by atoms with E-state index in [1.165, 1.54) is 4.90 Å². The van der Waals surface area contributed by atoms with Crippen LogP contribution in [0.3, 0.4) is 0 Å². The van der Waals surface area contributed by atoms with Crippen molar-refractivity contribution in [1.29, 1.82) is 0 Å². The topological polar surface area (TPSA) is 35.6 Å². The first-order valence-corrected chi connectivity index (χ1v) is 9.98. The second-order valence-electron chi connectivity index (χ2n) is 7.11. The highest BCUT2D eigenvalue weighted by molar-refractivity contribution is 8.00. The van der Waals surface area contributed by atoms with E-state index in [-0.39, 0.29) is 17.7 Å². The maximum atomic E-state index is 13.1. The number of benzene rings is 1. The van der Waals surface area contributed by atoms with E-state index in [9.17, 15) is 4.79 Å². The number of nitrogens with zero attached hydrogens (tertiary/aromatic N) is 2. The first kappa shape index (κ1) is 20.6. The lowest BCUT2D eigenvalue weighted by atomic mass is 10.1. The molecule has 0 saturated carbocycles. The van der Waals surface area contributed by atoms with Gasteiger partial charge >= 0.3 is 0 Å². The Labute approximate surface area is 162 Å². The van der Waals surface area contributed by atoms with E-state index in [1.807, 2.05) is 18.2 Å². The van der Waals surface area contributed by atoms with Crippen LogP contribution in [0.1, 0.15) is 20.3 Å². The van der Waals surface area contributed by atoms with Crippen molar-refractivity contribution < 1.29 is 4.79 Å². The number of likely N-dealkylation sites (tertiary alicyclic amines) is 1. The van der Waals surface area contributed by atoms with E-state index in [4.69, 9.17) is 0 Å². The molecule has 0 spiro atoms. The van der Waals surface area contributed by atoms with Gasteiger partial charge < -0.3 is 10.2 Å². The minimum Gasteiger partial charge on any atom is -0.340 e. The van der Waals surface area contributed by atoms with Crippen molar-refractivity contribution in [1.82, 2.24) is 15.1 Å². The molecule has 2 atom stereocenters. The van der Waals surface area contributed by atoms with Crippen LogP contribution < -0.4 is 5.32 Å². The molecule has 0 aliphatic carbocycles. The lowest BCUT2D eigenvalue weighted by molar-refractivity contribution is -0.130. The molecule has 0 radical (unpaired) electrons. The summed E-state index contributed by atoms with van der Waals surface area (Å²) in [6.07, 6.45) is 1.12. The summed E-state index contributed by atoms with van der Waals surface area (Å²) in [4.78, 5) is 18.9. The monoisotopic (exact) mass is 383 g/mol. The summed E-state index contributed by atoms with van der Waals surface area (Å²) in [5, 5.41) is 3.42. The Hall–Kier alpha value is -0.750. The number of nitrogens with one attached hydrogen (secondary N) is 1. The van der Waals surface area contributed by atoms with Crippen molar-refractivity contribution in [3.05, 3.63) is 30.3 Å². The first-order valence-electron chi connectivity index (χ1n) is 9.10. The molecule has 2 aliphatic heterocycles. The minimum atomic E-state index is 0. The smallest absolute Gasteiger partial charge is 0.236 e. The zero-order valence-corrected chi connectivity index (χ0v) is 16.8. The van der Waals surface area contributed by atoms with E-state index in [1.54, 1.807) is 11.8 Å². The fourth-order valence-corrected chi connectivity index (χ4v) is 4.71. The maximum Gasteiger partial charge on any atom is 0.236 e. The summed E-state index contributed by atoms with van der Waals surface area (Å²) < 4.78 is 0. The number of halogens is 1. The molecule has 0 bridgehead atoms. The van der Waals surface area contributed by atoms with Crippen LogP contribution in [0.15, 0.2) is 35.2 Å². The second kappa shape index (κ2) is 9.81. The summed E-state index contributed by atoms with van der Waals surface area (Å²) >= 11 is 1.71. The SMILES string of the molecule is CC(C)C(Sc1ccccc1)C(=O)N1CCC(N2CCNCC2)C1.Cl. The molecule has 2 heterocycles. The van der Waals surface area contributed by atoms with Crippen LogP contribution in [-0.4, -0.2) is 66.3 Å². The van der Waals surface area contributed by atoms with E-state index >= 15 is 0 Å². The maximum absolute atomic E-state index is 13.1. The Morgan fingerprint density at radius 2 is 1.84 bits per heavy atom. The molecule has 140 valence electrons. The van der Waals surface area contributed by atoms with Crippen molar-refractivity contribution >= 4 is 30.1 Å². The van der Waals surface area contributed by atoms with Gasteiger partial charge in [0.05, 0.1) is 5.25 Å². The van der Waals surface area contributed by atoms with Gasteiger partial charge in [-0.15, -0.1) is 24.2 Å². The molecule has 2 fully saturated rings. The molecular formula is C19H30ClN3OS. The van der Waals surface area contributed by atoms with Gasteiger partial charge in [0.25, 0.3) is 0 Å². The Morgan fingerprint density at radius 3 is 2.48 bits per heavy atom. The molecule has 1 amide bonds. The summed E-state index contributed by atoms with van der Waals surface area (Å²) in [5.74, 6) is 0.650. The van der Waals surface area contributed by atoms with Crippen molar-refractivity contribution in [2.75, 3.05) is 39.3 Å². The van der Waals surface area contributed by atoms with Crippen LogP contribution in [0.5, 0.6) is 0 Å². The largest absolute Gasteiger partial charge is 0.340 e. The molecule has 2 unspecified atom stereocenters. The van der Waals surface area contributed by atoms with Crippen molar-refractivity contribution in [2.24, 2.45) is 5.92 Å². The van der Waals surface area contributed by atoms with E-state index in [2.05, 4.69) is 41.1 Å². The van der Waals surface area contributed by atoms with Crippen LogP contribution in [0.2, 0.25) is 0 Å². The normalized spacial score (nSPS) is 22.7. The average Bonchev–Trinajstić information content (AvgIpc) is 3.11. The molecular weight excluding hydrogens is 354 g/mol. The van der Waals surface area contributed by atoms with Crippen LogP contribution in [0, 0.1) is 5.92 Å². The van der Waals surface area contributed by atoms with Gasteiger partial charge in [0.15, 0.2) is 0 Å². The highest BCUT2D eigenvalue weighted by atomic mass is 35.5. The number of piperazine rings is 1. The third-order valence-electron chi connectivity index (χ3n) is 5.00. The first-order chi connectivity index (χ1) is 11.6. The van der Waals surface area contributed by atoms with Gasteiger partial charge in [-0.2, -0.15) is 0 Å². The summed E-state index contributed by atoms with van der Waals surface area (Å²) in [5.41, 5.74) is 0. The number of hydrogen-bond acceptors (Lipinski definition) is 4. The van der Waals surface area contributed by atoms with E-state index in [0.717, 1.165) is 45.7 Å². The van der Waals surface area contributed by atoms with Gasteiger partial charge in [-0.05, 0) is 24.5 Å². The second-order valence-corrected chi connectivity index (χ2v) is 8.32. The Bertz CT molecular complexity index is 537. The third-order valence-corrected chi connectivity index (χ3v) is 6.54. The predicted molar refractivity (Wildman–Crippen MR) is 108 cm³/mol. The molecule has 1 N–H and O–H groups in total. The molecule has 3 rings (SSSR count). The van der Waals surface area contributed by atoms with E-state index < -0.39 is 0 Å². The lowest BCUT2D eigenvalue weighted by Crippen LogP contribution is -2.49. The zero-order valence-electron chi connectivity index (χ0n) is 15.2. The number of hydrogen-bond donors (Lipinski definition) is 1. The molecule has 4 nitrogen and oxygen atoms in total. The van der Waals surface area contributed by atoms with Crippen molar-refractivity contribution in [3.8, 4) is 0 Å². The highest BCUT2D eigenvalue weighted by Gasteiger charge is 2.35. The highest BCUT2D eigenvalue weighted by Crippen LogP contribution is 2.30. The van der Waals surface area contributed by atoms with Crippen LogP contribution in [0.4, 0.5) is 0 Å². The van der Waals surface area contributed by atoms with Gasteiger partial charge in [-0.3, -0.25) is 9.69 Å². The fraction of sp³-hybridized carbons (Fsp3) is 0.632. The number of carbonyl (C=O) groups is 1. The number of thioether (sulfide) groups is 1. The van der Waals surface area contributed by atoms with Gasteiger partial charge in [0.1, 0.15) is 0 Å². The minimum absolute atomic E-state index is 0. The summed E-state index contributed by atoms with van der Waals surface area (Å²) in [6, 6.07) is 10.8. The van der Waals surface area contributed by atoms with Gasteiger partial charge in [0, 0.05) is 50.2 Å². The Balaban J connectivity index is 0.00000225. The lowest BCUT2D eigenvalue weighted by Gasteiger charge is -2.33. The Morgan fingerprint density at radius 1 is 1.16 bits per heavy atom. The zero-order chi connectivity index (χ0) is 16.9. The van der Waals surface area contributed by atoms with E-state index in [0.29, 0.717) is 17.9 Å². The average molecular weight is 384 g/mol. The van der Waals surface area contributed by atoms with Gasteiger partial charge in [0.2, 0.25) is 5.91 Å². The molecule has 1 aromatic carbocycles. The van der Waals surface area contributed by atoms with Crippen LogP contribution in [-0.2, 0) is 4.79 Å². The third kappa shape index (κ3) is 5.36. The summed E-state index contributed by atoms with van der Waals surface area (Å²) in [7, 11) is 0. The van der Waals surface area contributed by atoms with Gasteiger partial charge in [-0.1, -0.05) is 32.0 Å². The number of rotatable bonds is 5. The molecule has 1 aromatic rings. The molecule has 0 aromatic heterocycles.